The Hall–Kier alpha value is -0.430. The van der Waals surface area contributed by atoms with E-state index in [0.717, 1.165) is 0 Å². The van der Waals surface area contributed by atoms with Crippen molar-refractivity contribution in [3.05, 3.63) is 35.4 Å². The maximum absolute atomic E-state index is 2.24. The summed E-state index contributed by atoms with van der Waals surface area (Å²) in [5, 5.41) is 0. The minimum atomic E-state index is 1.24. The number of unbranched alkanes of at least 4 members (excludes halogenated alkanes) is 1. The molecule has 0 saturated heterocycles. The molecule has 0 saturated carbocycles. The fraction of sp³-hybridized carbons (Fsp3) is 0.500. The first-order chi connectivity index (χ1) is 6.34. The summed E-state index contributed by atoms with van der Waals surface area (Å²) in [6, 6.07) is 8.69. The molecule has 1 heteroatoms. The molecule has 0 nitrogen and oxygen atoms in total. The van der Waals surface area contributed by atoms with Crippen molar-refractivity contribution in [2.75, 3.05) is 12.0 Å². The number of rotatable bonds is 5. The van der Waals surface area contributed by atoms with Gasteiger partial charge in [0, 0.05) is 0 Å². The molecule has 0 N–H and O–H groups in total. The second kappa shape index (κ2) is 6.09. The minimum absolute atomic E-state index is 1.24. The lowest BCUT2D eigenvalue weighted by Gasteiger charge is -2.04. The second-order valence-electron chi connectivity index (χ2n) is 3.38. The highest BCUT2D eigenvalue weighted by atomic mass is 32.2. The van der Waals surface area contributed by atoms with E-state index >= 15 is 0 Å². The van der Waals surface area contributed by atoms with Crippen LogP contribution < -0.4 is 0 Å². The Balaban J connectivity index is 2.32. The molecule has 0 aliphatic carbocycles. The summed E-state index contributed by atoms with van der Waals surface area (Å²) >= 11 is 1.94. The highest BCUT2D eigenvalue weighted by molar-refractivity contribution is 7.98. The van der Waals surface area contributed by atoms with E-state index in [1.54, 1.807) is 0 Å². The van der Waals surface area contributed by atoms with Crippen LogP contribution in [0.5, 0.6) is 0 Å². The molecular formula is C12H18S. The molecule has 0 heterocycles. The summed E-state index contributed by atoms with van der Waals surface area (Å²) < 4.78 is 0. The van der Waals surface area contributed by atoms with Gasteiger partial charge in [0.05, 0.1) is 0 Å². The molecule has 0 bridgehead atoms. The van der Waals surface area contributed by atoms with E-state index in [-0.39, 0.29) is 0 Å². The van der Waals surface area contributed by atoms with E-state index in [1.807, 2.05) is 11.8 Å². The summed E-state index contributed by atoms with van der Waals surface area (Å²) in [6.07, 6.45) is 6.09. The number of aryl methyl sites for hydroxylation is 2. The molecular weight excluding hydrogens is 176 g/mol. The van der Waals surface area contributed by atoms with Crippen LogP contribution in [0.15, 0.2) is 24.3 Å². The molecule has 0 unspecified atom stereocenters. The van der Waals surface area contributed by atoms with E-state index in [1.165, 1.54) is 36.1 Å². The monoisotopic (exact) mass is 194 g/mol. The van der Waals surface area contributed by atoms with E-state index < -0.39 is 0 Å². The average molecular weight is 194 g/mol. The van der Waals surface area contributed by atoms with Crippen molar-refractivity contribution in [3.8, 4) is 0 Å². The third-order valence-electron chi connectivity index (χ3n) is 2.31. The van der Waals surface area contributed by atoms with Gasteiger partial charge in [-0.05, 0) is 49.3 Å². The average Bonchev–Trinajstić information content (AvgIpc) is 2.15. The van der Waals surface area contributed by atoms with Crippen LogP contribution in [0, 0.1) is 6.92 Å². The molecule has 13 heavy (non-hydrogen) atoms. The zero-order chi connectivity index (χ0) is 9.52. The molecule has 0 aliphatic heterocycles. The van der Waals surface area contributed by atoms with Gasteiger partial charge in [0.15, 0.2) is 0 Å². The lowest BCUT2D eigenvalue weighted by molar-refractivity contribution is 0.799. The molecule has 0 spiro atoms. The van der Waals surface area contributed by atoms with Crippen LogP contribution in [-0.2, 0) is 6.42 Å². The van der Waals surface area contributed by atoms with Crippen LogP contribution in [0.2, 0.25) is 0 Å². The third-order valence-corrected chi connectivity index (χ3v) is 3.00. The maximum atomic E-state index is 2.24. The maximum Gasteiger partial charge on any atom is -0.00702 e. The predicted molar refractivity (Wildman–Crippen MR) is 62.5 cm³/mol. The summed E-state index contributed by atoms with van der Waals surface area (Å²) in [5.74, 6) is 1.30. The first-order valence-corrected chi connectivity index (χ1v) is 6.27. The Kier molecular flexibility index (Phi) is 4.99. The third kappa shape index (κ3) is 3.86. The standard InChI is InChI=1S/C12H18S/c1-11-7-3-4-8-12(11)9-5-6-10-13-2/h3-4,7-8H,5-6,9-10H2,1-2H3. The summed E-state index contributed by atoms with van der Waals surface area (Å²) in [5.41, 5.74) is 2.95. The van der Waals surface area contributed by atoms with E-state index in [0.29, 0.717) is 0 Å². The molecule has 0 fully saturated rings. The topological polar surface area (TPSA) is 0 Å². The molecule has 1 aromatic carbocycles. The number of thioether (sulfide) groups is 1. The quantitative estimate of drug-likeness (QED) is 0.644. The van der Waals surface area contributed by atoms with Gasteiger partial charge in [0.2, 0.25) is 0 Å². The largest absolute Gasteiger partial charge is 0.165 e. The van der Waals surface area contributed by atoms with Gasteiger partial charge >= 0.3 is 0 Å². The molecule has 0 amide bonds. The normalized spacial score (nSPS) is 10.3. The van der Waals surface area contributed by atoms with E-state index in [2.05, 4.69) is 37.4 Å². The van der Waals surface area contributed by atoms with Crippen LogP contribution in [0.4, 0.5) is 0 Å². The number of hydrogen-bond acceptors (Lipinski definition) is 1. The van der Waals surface area contributed by atoms with Gasteiger partial charge in [-0.1, -0.05) is 24.3 Å². The molecule has 0 radical (unpaired) electrons. The van der Waals surface area contributed by atoms with Crippen molar-refractivity contribution < 1.29 is 0 Å². The van der Waals surface area contributed by atoms with Gasteiger partial charge in [-0.15, -0.1) is 0 Å². The van der Waals surface area contributed by atoms with E-state index in [9.17, 15) is 0 Å². The van der Waals surface area contributed by atoms with Gasteiger partial charge in [-0.2, -0.15) is 11.8 Å². The Labute approximate surface area is 85.7 Å². The van der Waals surface area contributed by atoms with Crippen molar-refractivity contribution in [2.24, 2.45) is 0 Å². The summed E-state index contributed by atoms with van der Waals surface area (Å²) in [7, 11) is 0. The first kappa shape index (κ1) is 10.6. The van der Waals surface area contributed by atoms with Crippen molar-refractivity contribution in [1.82, 2.24) is 0 Å². The highest BCUT2D eigenvalue weighted by Crippen LogP contribution is 2.11. The van der Waals surface area contributed by atoms with Crippen molar-refractivity contribution in [2.45, 2.75) is 26.2 Å². The number of benzene rings is 1. The second-order valence-corrected chi connectivity index (χ2v) is 4.36. The fourth-order valence-corrected chi connectivity index (χ4v) is 1.95. The summed E-state index contributed by atoms with van der Waals surface area (Å²) in [6.45, 7) is 2.20. The van der Waals surface area contributed by atoms with Crippen molar-refractivity contribution in [1.29, 1.82) is 0 Å². The van der Waals surface area contributed by atoms with Crippen molar-refractivity contribution in [3.63, 3.8) is 0 Å². The first-order valence-electron chi connectivity index (χ1n) is 4.88. The van der Waals surface area contributed by atoms with E-state index in [4.69, 9.17) is 0 Å². The zero-order valence-corrected chi connectivity index (χ0v) is 9.36. The van der Waals surface area contributed by atoms with Crippen LogP contribution in [-0.4, -0.2) is 12.0 Å². The Morgan fingerprint density at radius 3 is 2.62 bits per heavy atom. The van der Waals surface area contributed by atoms with Crippen LogP contribution in [0.25, 0.3) is 0 Å². The highest BCUT2D eigenvalue weighted by Gasteiger charge is 1.95. The molecule has 1 rings (SSSR count). The molecule has 0 aliphatic rings. The summed E-state index contributed by atoms with van der Waals surface area (Å²) in [4.78, 5) is 0. The Bertz CT molecular complexity index is 243. The van der Waals surface area contributed by atoms with Gasteiger partial charge in [0.25, 0.3) is 0 Å². The van der Waals surface area contributed by atoms with Crippen LogP contribution >= 0.6 is 11.8 Å². The number of hydrogen-bond donors (Lipinski definition) is 0. The molecule has 0 atom stereocenters. The Morgan fingerprint density at radius 2 is 1.92 bits per heavy atom. The van der Waals surface area contributed by atoms with Gasteiger partial charge in [-0.3, -0.25) is 0 Å². The lowest BCUT2D eigenvalue weighted by atomic mass is 10.0. The SMILES string of the molecule is CSCCCCc1ccccc1C. The van der Waals surface area contributed by atoms with Crippen LogP contribution in [0.3, 0.4) is 0 Å². The lowest BCUT2D eigenvalue weighted by Crippen LogP contribution is -1.90. The van der Waals surface area contributed by atoms with Gasteiger partial charge in [-0.25, -0.2) is 0 Å². The predicted octanol–water partition coefficient (Wildman–Crippen LogP) is 3.68. The fourth-order valence-electron chi connectivity index (χ4n) is 1.45. The zero-order valence-electron chi connectivity index (χ0n) is 8.55. The minimum Gasteiger partial charge on any atom is -0.165 e. The van der Waals surface area contributed by atoms with Gasteiger partial charge < -0.3 is 0 Å². The molecule has 0 aromatic heterocycles. The smallest absolute Gasteiger partial charge is 0.00702 e. The van der Waals surface area contributed by atoms with Crippen LogP contribution in [0.1, 0.15) is 24.0 Å². The molecule has 72 valence electrons. The molecule has 1 aromatic rings. The van der Waals surface area contributed by atoms with Crippen molar-refractivity contribution >= 4 is 11.8 Å². The van der Waals surface area contributed by atoms with Gasteiger partial charge in [0.1, 0.15) is 0 Å². The Morgan fingerprint density at radius 1 is 1.15 bits per heavy atom.